The van der Waals surface area contributed by atoms with Crippen molar-refractivity contribution in [3.63, 3.8) is 0 Å². The molecule has 1 aliphatic rings. The first-order valence-electron chi connectivity index (χ1n) is 8.12. The van der Waals surface area contributed by atoms with Gasteiger partial charge in [-0.1, -0.05) is 6.92 Å². The molecule has 1 saturated heterocycles. The van der Waals surface area contributed by atoms with E-state index in [-0.39, 0.29) is 11.4 Å². The fourth-order valence-corrected chi connectivity index (χ4v) is 3.03. The van der Waals surface area contributed by atoms with Crippen LogP contribution in [0.4, 0.5) is 0 Å². The highest BCUT2D eigenvalue weighted by Crippen LogP contribution is 2.24. The fraction of sp³-hybridized carbons (Fsp3) is 0.938. The third-order valence-corrected chi connectivity index (χ3v) is 4.98. The minimum Gasteiger partial charge on any atom is -0.368 e. The second kappa shape index (κ2) is 7.07. The number of hydrogen-bond acceptors (Lipinski definition) is 4. The predicted octanol–water partition coefficient (Wildman–Crippen LogP) is 1.03. The maximum absolute atomic E-state index is 11.9. The number of piperazine rings is 1. The van der Waals surface area contributed by atoms with E-state index in [0.29, 0.717) is 6.04 Å². The van der Waals surface area contributed by atoms with Crippen LogP contribution in [0.25, 0.3) is 0 Å². The summed E-state index contributed by atoms with van der Waals surface area (Å²) >= 11 is 0. The standard InChI is InChI=1S/C16H34N4O/c1-7-8-18-16(5,14(17)21)11-13(2)20-10-9-19(6)15(3,4)12-20/h13,18H,7-12H2,1-6H3,(H2,17,21). The number of carbonyl (C=O) groups excluding carboxylic acids is 1. The molecule has 1 amide bonds. The van der Waals surface area contributed by atoms with Crippen LogP contribution in [0.2, 0.25) is 0 Å². The maximum Gasteiger partial charge on any atom is 0.237 e. The zero-order chi connectivity index (χ0) is 16.3. The van der Waals surface area contributed by atoms with E-state index in [1.807, 2.05) is 6.92 Å². The minimum absolute atomic E-state index is 0.173. The summed E-state index contributed by atoms with van der Waals surface area (Å²) in [7, 11) is 2.18. The summed E-state index contributed by atoms with van der Waals surface area (Å²) in [6, 6.07) is 0.333. The minimum atomic E-state index is -0.622. The van der Waals surface area contributed by atoms with E-state index >= 15 is 0 Å². The summed E-state index contributed by atoms with van der Waals surface area (Å²) < 4.78 is 0. The summed E-state index contributed by atoms with van der Waals surface area (Å²) in [5, 5.41) is 3.33. The molecule has 1 rings (SSSR count). The van der Waals surface area contributed by atoms with Gasteiger partial charge in [0.15, 0.2) is 0 Å². The van der Waals surface area contributed by atoms with Gasteiger partial charge < -0.3 is 11.1 Å². The second-order valence-electron chi connectivity index (χ2n) is 7.38. The Hall–Kier alpha value is -0.650. The molecule has 21 heavy (non-hydrogen) atoms. The van der Waals surface area contributed by atoms with Gasteiger partial charge >= 0.3 is 0 Å². The monoisotopic (exact) mass is 298 g/mol. The zero-order valence-corrected chi connectivity index (χ0v) is 14.7. The zero-order valence-electron chi connectivity index (χ0n) is 14.7. The van der Waals surface area contributed by atoms with Crippen LogP contribution in [0.1, 0.15) is 47.5 Å². The van der Waals surface area contributed by atoms with Gasteiger partial charge in [0.2, 0.25) is 5.91 Å². The molecule has 0 aromatic rings. The van der Waals surface area contributed by atoms with Crippen LogP contribution in [0.15, 0.2) is 0 Å². The van der Waals surface area contributed by atoms with Crippen molar-refractivity contribution in [2.45, 2.75) is 64.6 Å². The molecule has 5 heteroatoms. The Morgan fingerprint density at radius 3 is 2.52 bits per heavy atom. The van der Waals surface area contributed by atoms with Crippen LogP contribution >= 0.6 is 0 Å². The third kappa shape index (κ3) is 4.66. The molecule has 0 bridgehead atoms. The molecule has 124 valence electrons. The first kappa shape index (κ1) is 18.4. The largest absolute Gasteiger partial charge is 0.368 e. The molecule has 1 fully saturated rings. The molecule has 0 saturated carbocycles. The number of carbonyl (C=O) groups is 1. The Labute approximate surface area is 130 Å². The van der Waals surface area contributed by atoms with Gasteiger partial charge in [0, 0.05) is 31.2 Å². The number of hydrogen-bond donors (Lipinski definition) is 2. The highest BCUT2D eigenvalue weighted by Gasteiger charge is 2.37. The van der Waals surface area contributed by atoms with Crippen molar-refractivity contribution in [2.75, 3.05) is 33.2 Å². The number of amides is 1. The molecule has 3 N–H and O–H groups in total. The van der Waals surface area contributed by atoms with Gasteiger partial charge in [-0.3, -0.25) is 14.6 Å². The molecule has 5 nitrogen and oxygen atoms in total. The van der Waals surface area contributed by atoms with Crippen molar-refractivity contribution in [2.24, 2.45) is 5.73 Å². The predicted molar refractivity (Wildman–Crippen MR) is 88.3 cm³/mol. The van der Waals surface area contributed by atoms with Crippen molar-refractivity contribution >= 4 is 5.91 Å². The molecule has 2 unspecified atom stereocenters. The van der Waals surface area contributed by atoms with Gasteiger partial charge in [0.05, 0.1) is 5.54 Å². The average molecular weight is 298 g/mol. The van der Waals surface area contributed by atoms with Crippen LogP contribution in [0, 0.1) is 0 Å². The highest BCUT2D eigenvalue weighted by atomic mass is 16.1. The number of primary amides is 1. The van der Waals surface area contributed by atoms with Gasteiger partial charge in [0.25, 0.3) is 0 Å². The van der Waals surface area contributed by atoms with Crippen molar-refractivity contribution in [1.82, 2.24) is 15.1 Å². The van der Waals surface area contributed by atoms with E-state index in [2.05, 4.69) is 49.9 Å². The molecule has 0 aliphatic carbocycles. The first-order chi connectivity index (χ1) is 9.62. The van der Waals surface area contributed by atoms with E-state index < -0.39 is 5.54 Å². The molecule has 2 atom stereocenters. The van der Waals surface area contributed by atoms with E-state index in [9.17, 15) is 4.79 Å². The summed E-state index contributed by atoms with van der Waals surface area (Å²) in [5.74, 6) is -0.254. The molecular formula is C16H34N4O. The summed E-state index contributed by atoms with van der Waals surface area (Å²) in [5.41, 5.74) is 5.19. The lowest BCUT2D eigenvalue weighted by Crippen LogP contribution is -2.62. The number of nitrogens with zero attached hydrogens (tertiary/aromatic N) is 2. The number of nitrogens with two attached hydrogens (primary N) is 1. The Balaban J connectivity index is 2.69. The lowest BCUT2D eigenvalue weighted by molar-refractivity contribution is -0.124. The smallest absolute Gasteiger partial charge is 0.237 e. The van der Waals surface area contributed by atoms with Crippen LogP contribution in [0.3, 0.4) is 0 Å². The van der Waals surface area contributed by atoms with Crippen LogP contribution in [-0.4, -0.2) is 66.1 Å². The molecule has 1 aliphatic heterocycles. The first-order valence-corrected chi connectivity index (χ1v) is 8.12. The number of rotatable bonds is 7. The van der Waals surface area contributed by atoms with Crippen molar-refractivity contribution in [3.8, 4) is 0 Å². The molecule has 1 heterocycles. The van der Waals surface area contributed by atoms with Gasteiger partial charge in [-0.2, -0.15) is 0 Å². The SMILES string of the molecule is CCCNC(C)(CC(C)N1CCN(C)C(C)(C)C1)C(N)=O. The Morgan fingerprint density at radius 2 is 2.05 bits per heavy atom. The molecular weight excluding hydrogens is 264 g/mol. The number of likely N-dealkylation sites (N-methyl/N-ethyl adjacent to an activating group) is 1. The topological polar surface area (TPSA) is 61.6 Å². The third-order valence-electron chi connectivity index (χ3n) is 4.98. The van der Waals surface area contributed by atoms with Crippen molar-refractivity contribution in [1.29, 1.82) is 0 Å². The van der Waals surface area contributed by atoms with Crippen LogP contribution in [-0.2, 0) is 4.79 Å². The molecule has 0 spiro atoms. The molecule has 0 aromatic heterocycles. The van der Waals surface area contributed by atoms with Crippen LogP contribution < -0.4 is 11.1 Å². The van der Waals surface area contributed by atoms with Gasteiger partial charge in [-0.15, -0.1) is 0 Å². The lowest BCUT2D eigenvalue weighted by Gasteiger charge is -2.48. The van der Waals surface area contributed by atoms with Gasteiger partial charge in [-0.05, 0) is 54.1 Å². The summed E-state index contributed by atoms with van der Waals surface area (Å²) in [4.78, 5) is 16.7. The van der Waals surface area contributed by atoms with Gasteiger partial charge in [0.1, 0.15) is 0 Å². The fourth-order valence-electron chi connectivity index (χ4n) is 3.03. The average Bonchev–Trinajstić information content (AvgIpc) is 2.39. The summed E-state index contributed by atoms with van der Waals surface area (Å²) in [6.45, 7) is 14.7. The Morgan fingerprint density at radius 1 is 1.43 bits per heavy atom. The maximum atomic E-state index is 11.9. The van der Waals surface area contributed by atoms with E-state index in [0.717, 1.165) is 39.0 Å². The Bertz CT molecular complexity index is 358. The van der Waals surface area contributed by atoms with Crippen LogP contribution in [0.5, 0.6) is 0 Å². The van der Waals surface area contributed by atoms with Crippen molar-refractivity contribution in [3.05, 3.63) is 0 Å². The van der Waals surface area contributed by atoms with E-state index in [1.165, 1.54) is 0 Å². The molecule has 0 aromatic carbocycles. The lowest BCUT2D eigenvalue weighted by atomic mass is 9.90. The molecule has 0 radical (unpaired) electrons. The second-order valence-corrected chi connectivity index (χ2v) is 7.38. The normalized spacial score (nSPS) is 24.5. The van der Waals surface area contributed by atoms with E-state index in [1.54, 1.807) is 0 Å². The summed E-state index contributed by atoms with van der Waals surface area (Å²) in [6.07, 6.45) is 1.75. The van der Waals surface area contributed by atoms with Gasteiger partial charge in [-0.25, -0.2) is 0 Å². The quantitative estimate of drug-likeness (QED) is 0.737. The number of nitrogens with one attached hydrogen (secondary N) is 1. The highest BCUT2D eigenvalue weighted by molar-refractivity contribution is 5.84. The van der Waals surface area contributed by atoms with Crippen molar-refractivity contribution < 1.29 is 4.79 Å². The Kier molecular flexibility index (Phi) is 6.20. The van der Waals surface area contributed by atoms with E-state index in [4.69, 9.17) is 5.73 Å².